The Morgan fingerprint density at radius 2 is 0.441 bits per heavy atom. The molecule has 0 radical (unpaired) electrons. The van der Waals surface area contributed by atoms with Crippen molar-refractivity contribution in [2.24, 2.45) is 0 Å². The third kappa shape index (κ3) is 8.87. The van der Waals surface area contributed by atoms with E-state index in [-0.39, 0.29) is 0 Å². The summed E-state index contributed by atoms with van der Waals surface area (Å²) in [5.41, 5.74) is 20.7. The van der Waals surface area contributed by atoms with E-state index < -0.39 is 0 Å². The molecule has 2 nitrogen and oxygen atoms in total. The van der Waals surface area contributed by atoms with Gasteiger partial charge in [-0.1, -0.05) is 224 Å². The van der Waals surface area contributed by atoms with E-state index in [4.69, 9.17) is 0 Å². The van der Waals surface area contributed by atoms with Crippen molar-refractivity contribution in [3.05, 3.63) is 291 Å². The Morgan fingerprint density at radius 1 is 0.162 bits per heavy atom. The van der Waals surface area contributed by atoms with E-state index in [0.29, 0.717) is 0 Å². The summed E-state index contributed by atoms with van der Waals surface area (Å²) in [6.45, 7) is 0. The topological polar surface area (TPSA) is 6.48 Å². The smallest absolute Gasteiger partial charge is 0.0540 e. The molecule has 11 aromatic rings. The molecule has 68 heavy (non-hydrogen) atoms. The van der Waals surface area contributed by atoms with Gasteiger partial charge in [0.15, 0.2) is 0 Å². The van der Waals surface area contributed by atoms with Gasteiger partial charge in [-0.25, -0.2) is 0 Å². The van der Waals surface area contributed by atoms with Gasteiger partial charge in [0.25, 0.3) is 0 Å². The van der Waals surface area contributed by atoms with E-state index in [1.165, 1.54) is 44.5 Å². The lowest BCUT2D eigenvalue weighted by molar-refractivity contribution is 1.28. The van der Waals surface area contributed by atoms with Gasteiger partial charge < -0.3 is 9.80 Å². The second-order valence-electron chi connectivity index (χ2n) is 17.0. The normalized spacial score (nSPS) is 10.9. The summed E-state index contributed by atoms with van der Waals surface area (Å²) >= 11 is 0. The van der Waals surface area contributed by atoms with Crippen LogP contribution in [0.1, 0.15) is 0 Å². The molecule has 0 atom stereocenters. The number of para-hydroxylation sites is 1. The second kappa shape index (κ2) is 19.2. The van der Waals surface area contributed by atoms with Gasteiger partial charge in [-0.2, -0.15) is 0 Å². The molecule has 0 aliphatic rings. The third-order valence-corrected chi connectivity index (χ3v) is 12.7. The quantitative estimate of drug-likeness (QED) is 0.121. The Bertz CT molecular complexity index is 3200. The fourth-order valence-electron chi connectivity index (χ4n) is 9.19. The molecule has 2 heteroatoms. The summed E-state index contributed by atoms with van der Waals surface area (Å²) in [4.78, 5) is 4.73. The molecule has 322 valence electrons. The summed E-state index contributed by atoms with van der Waals surface area (Å²) in [5.74, 6) is 0. The minimum atomic E-state index is 1.09. The van der Waals surface area contributed by atoms with E-state index in [0.717, 1.165) is 56.4 Å². The van der Waals surface area contributed by atoms with Crippen molar-refractivity contribution in [3.63, 3.8) is 0 Å². The highest BCUT2D eigenvalue weighted by atomic mass is 15.1. The maximum atomic E-state index is 2.38. The summed E-state index contributed by atoms with van der Waals surface area (Å²) in [5, 5.41) is 0. The van der Waals surface area contributed by atoms with Crippen LogP contribution in [-0.2, 0) is 0 Å². The average molecular weight is 869 g/mol. The van der Waals surface area contributed by atoms with Crippen molar-refractivity contribution in [2.75, 3.05) is 9.80 Å². The van der Waals surface area contributed by atoms with Crippen molar-refractivity contribution in [3.8, 4) is 66.8 Å². The number of rotatable bonds is 12. The Labute approximate surface area is 400 Å². The lowest BCUT2D eigenvalue weighted by Crippen LogP contribution is -2.11. The van der Waals surface area contributed by atoms with Gasteiger partial charge in [0.1, 0.15) is 0 Å². The predicted molar refractivity (Wildman–Crippen MR) is 288 cm³/mol. The molecule has 11 aromatic carbocycles. The second-order valence-corrected chi connectivity index (χ2v) is 17.0. The molecule has 0 aliphatic heterocycles. The van der Waals surface area contributed by atoms with Crippen LogP contribution in [0.5, 0.6) is 0 Å². The number of hydrogen-bond donors (Lipinski definition) is 0. The molecule has 0 fully saturated rings. The maximum Gasteiger partial charge on any atom is 0.0540 e. The Morgan fingerprint density at radius 3 is 0.838 bits per heavy atom. The first-order chi connectivity index (χ1) is 33.7. The van der Waals surface area contributed by atoms with Gasteiger partial charge in [-0.3, -0.25) is 0 Å². The van der Waals surface area contributed by atoms with Crippen LogP contribution in [0, 0.1) is 0 Å². The molecule has 0 aliphatic carbocycles. The monoisotopic (exact) mass is 868 g/mol. The molecular formula is C66H48N2. The molecule has 0 unspecified atom stereocenters. The average Bonchev–Trinajstić information content (AvgIpc) is 3.43. The SMILES string of the molecule is c1ccc(-c2ccc(N(c3ccc(-c4ccccc4)cc3)c3cccc(-c4ccc(-c5ccccc5N(c5ccc(-c6ccccc6)cc5)c5ccc(-c6ccccc6)cc5)cc4)c3)cc2)cc1. The van der Waals surface area contributed by atoms with Crippen LogP contribution in [0.15, 0.2) is 291 Å². The molecule has 0 saturated carbocycles. The first kappa shape index (κ1) is 41.7. The van der Waals surface area contributed by atoms with Crippen LogP contribution in [0.3, 0.4) is 0 Å². The number of hydrogen-bond acceptors (Lipinski definition) is 2. The van der Waals surface area contributed by atoms with Crippen LogP contribution < -0.4 is 9.80 Å². The lowest BCUT2D eigenvalue weighted by Gasteiger charge is -2.28. The Balaban J connectivity index is 0.938. The van der Waals surface area contributed by atoms with Crippen molar-refractivity contribution in [1.29, 1.82) is 0 Å². The van der Waals surface area contributed by atoms with Crippen LogP contribution in [0.2, 0.25) is 0 Å². The maximum absolute atomic E-state index is 2.38. The molecular weight excluding hydrogens is 821 g/mol. The zero-order chi connectivity index (χ0) is 45.5. The van der Waals surface area contributed by atoms with Crippen LogP contribution in [0.25, 0.3) is 66.8 Å². The van der Waals surface area contributed by atoms with E-state index in [2.05, 4.69) is 301 Å². The fraction of sp³-hybridized carbons (Fsp3) is 0. The number of benzene rings is 11. The van der Waals surface area contributed by atoms with Crippen molar-refractivity contribution in [2.45, 2.75) is 0 Å². The van der Waals surface area contributed by atoms with Gasteiger partial charge >= 0.3 is 0 Å². The molecule has 0 saturated heterocycles. The minimum Gasteiger partial charge on any atom is -0.310 e. The zero-order valence-corrected chi connectivity index (χ0v) is 37.6. The van der Waals surface area contributed by atoms with Gasteiger partial charge in [0.2, 0.25) is 0 Å². The highest BCUT2D eigenvalue weighted by molar-refractivity contribution is 5.90. The van der Waals surface area contributed by atoms with Crippen LogP contribution in [-0.4, -0.2) is 0 Å². The summed E-state index contributed by atoms with van der Waals surface area (Å²) in [6.07, 6.45) is 0. The van der Waals surface area contributed by atoms with Crippen LogP contribution in [0.4, 0.5) is 34.1 Å². The lowest BCUT2D eigenvalue weighted by atomic mass is 9.97. The molecule has 0 amide bonds. The Kier molecular flexibility index (Phi) is 11.8. The standard InChI is InChI=1S/C66H48N2/c1-5-16-49(17-6-1)53-32-40-60(41-33-53)67(61-42-34-54(35-43-61)50-18-7-2-8-19-50)64-25-15-24-59(48-64)57-28-30-58(31-29-57)65-26-13-14-27-66(65)68(62-44-36-55(37-45-62)51-20-9-3-10-21-51)63-46-38-56(39-47-63)52-22-11-4-12-23-52/h1-48H. The molecule has 0 N–H and O–H groups in total. The summed E-state index contributed by atoms with van der Waals surface area (Å²) < 4.78 is 0. The molecule has 11 rings (SSSR count). The van der Waals surface area contributed by atoms with Gasteiger partial charge in [-0.15, -0.1) is 0 Å². The van der Waals surface area contributed by atoms with Gasteiger partial charge in [0, 0.05) is 34.0 Å². The number of anilines is 6. The van der Waals surface area contributed by atoms with E-state index >= 15 is 0 Å². The van der Waals surface area contributed by atoms with Gasteiger partial charge in [-0.05, 0) is 128 Å². The molecule has 0 bridgehead atoms. The van der Waals surface area contributed by atoms with E-state index in [1.807, 2.05) is 0 Å². The molecule has 0 aromatic heterocycles. The van der Waals surface area contributed by atoms with Crippen molar-refractivity contribution in [1.82, 2.24) is 0 Å². The van der Waals surface area contributed by atoms with E-state index in [9.17, 15) is 0 Å². The highest BCUT2D eigenvalue weighted by Gasteiger charge is 2.19. The van der Waals surface area contributed by atoms with Crippen molar-refractivity contribution < 1.29 is 0 Å². The fourth-order valence-corrected chi connectivity index (χ4v) is 9.19. The molecule has 0 spiro atoms. The van der Waals surface area contributed by atoms with Crippen molar-refractivity contribution >= 4 is 34.1 Å². The first-order valence-corrected chi connectivity index (χ1v) is 23.2. The predicted octanol–water partition coefficient (Wildman–Crippen LogP) is 18.6. The summed E-state index contributed by atoms with van der Waals surface area (Å²) in [6, 6.07) is 105. The third-order valence-electron chi connectivity index (χ3n) is 12.7. The number of nitrogens with zero attached hydrogens (tertiary/aromatic N) is 2. The van der Waals surface area contributed by atoms with Gasteiger partial charge in [0.05, 0.1) is 5.69 Å². The summed E-state index contributed by atoms with van der Waals surface area (Å²) in [7, 11) is 0. The minimum absolute atomic E-state index is 1.09. The first-order valence-electron chi connectivity index (χ1n) is 23.2. The van der Waals surface area contributed by atoms with Crippen LogP contribution >= 0.6 is 0 Å². The zero-order valence-electron chi connectivity index (χ0n) is 37.6. The highest BCUT2D eigenvalue weighted by Crippen LogP contribution is 2.43. The molecule has 0 heterocycles. The Hall–Kier alpha value is -8.98. The largest absolute Gasteiger partial charge is 0.310 e. The van der Waals surface area contributed by atoms with E-state index in [1.54, 1.807) is 0 Å².